The first-order valence-corrected chi connectivity index (χ1v) is 21.4. The molecule has 9 nitrogen and oxygen atoms in total. The summed E-state index contributed by atoms with van der Waals surface area (Å²) in [6.07, 6.45) is 58.2. The summed E-state index contributed by atoms with van der Waals surface area (Å²) in [5.74, 6) is -2.52. The van der Waals surface area contributed by atoms with Crippen LogP contribution in [0.25, 0.3) is 0 Å². The number of nitrogens with one attached hydrogen (secondary N) is 2. The van der Waals surface area contributed by atoms with Crippen LogP contribution in [-0.4, -0.2) is 59.3 Å². The highest BCUT2D eigenvalue weighted by Gasteiger charge is 2.18. The first kappa shape index (κ1) is 53.2. The highest BCUT2D eigenvalue weighted by molar-refractivity contribution is 5.87. The second kappa shape index (κ2) is 41.9. The number of unbranched alkanes of at least 4 members (excludes halogenated alkanes) is 4. The summed E-state index contributed by atoms with van der Waals surface area (Å²) >= 11 is 0. The van der Waals surface area contributed by atoms with Crippen LogP contribution in [0.4, 0.5) is 0 Å². The van der Waals surface area contributed by atoms with Gasteiger partial charge in [-0.2, -0.15) is 0 Å². The molecule has 0 saturated heterocycles. The Balaban J connectivity index is 4.57. The third-order valence-electron chi connectivity index (χ3n) is 8.45. The van der Waals surface area contributed by atoms with E-state index in [4.69, 9.17) is 14.9 Å². The van der Waals surface area contributed by atoms with Gasteiger partial charge >= 0.3 is 11.9 Å². The van der Waals surface area contributed by atoms with E-state index in [2.05, 4.69) is 134 Å². The van der Waals surface area contributed by atoms with Gasteiger partial charge in [0.25, 0.3) is 0 Å². The maximum absolute atomic E-state index is 12.7. The van der Waals surface area contributed by atoms with Crippen LogP contribution in [-0.2, 0) is 23.9 Å². The second-order valence-electron chi connectivity index (χ2n) is 13.7. The summed E-state index contributed by atoms with van der Waals surface area (Å²) in [6.45, 7) is 3.20. The van der Waals surface area contributed by atoms with Crippen LogP contribution in [0.3, 0.4) is 0 Å². The lowest BCUT2D eigenvalue weighted by Gasteiger charge is -2.14. The number of ether oxygens (including phenoxy) is 1. The number of carboxylic acids is 1. The fraction of sp³-hybridized carbons (Fsp3) is 0.510. The minimum atomic E-state index is -1.40. The van der Waals surface area contributed by atoms with Gasteiger partial charge in [0.05, 0.1) is 13.2 Å². The third kappa shape index (κ3) is 38.1. The maximum Gasteiger partial charge on any atom is 0.328 e. The fourth-order valence-corrected chi connectivity index (χ4v) is 5.24. The Hall–Kier alpha value is -4.76. The number of carbonyl (C=O) groups excluding carboxylic acids is 3. The number of carbonyl (C=O) groups is 4. The number of hydrogen-bond donors (Lipinski definition) is 4. The topological polar surface area (TPSA) is 142 Å². The first-order valence-electron chi connectivity index (χ1n) is 21.4. The molecule has 58 heavy (non-hydrogen) atoms. The van der Waals surface area contributed by atoms with Crippen molar-refractivity contribution in [2.45, 2.75) is 148 Å². The van der Waals surface area contributed by atoms with E-state index in [-0.39, 0.29) is 30.9 Å². The molecular formula is C49H74N2O7. The predicted octanol–water partition coefficient (Wildman–Crippen LogP) is 10.6. The van der Waals surface area contributed by atoms with Crippen molar-refractivity contribution in [1.29, 1.82) is 0 Å². The van der Waals surface area contributed by atoms with Gasteiger partial charge in [-0.3, -0.25) is 14.4 Å². The number of carboxylic acid groups (broad SMARTS) is 1. The predicted molar refractivity (Wildman–Crippen MR) is 240 cm³/mol. The Kier molecular flexibility index (Phi) is 38.4. The van der Waals surface area contributed by atoms with Crippen LogP contribution in [0.15, 0.2) is 122 Å². The van der Waals surface area contributed by atoms with E-state index < -0.39 is 24.5 Å². The van der Waals surface area contributed by atoms with Crippen LogP contribution >= 0.6 is 0 Å². The van der Waals surface area contributed by atoms with E-state index in [0.29, 0.717) is 19.3 Å². The van der Waals surface area contributed by atoms with Gasteiger partial charge in [-0.05, 0) is 96.0 Å². The lowest BCUT2D eigenvalue weighted by Crippen LogP contribution is -2.47. The van der Waals surface area contributed by atoms with Crippen molar-refractivity contribution in [3.05, 3.63) is 122 Å². The molecular weight excluding hydrogens is 729 g/mol. The molecule has 9 heteroatoms. The molecule has 0 aliphatic heterocycles. The first-order chi connectivity index (χ1) is 28.3. The van der Waals surface area contributed by atoms with Gasteiger partial charge < -0.3 is 25.6 Å². The molecule has 0 rings (SSSR count). The van der Waals surface area contributed by atoms with Gasteiger partial charge in [0.15, 0.2) is 0 Å². The van der Waals surface area contributed by atoms with Crippen molar-refractivity contribution in [3.63, 3.8) is 0 Å². The Morgan fingerprint density at radius 1 is 0.534 bits per heavy atom. The van der Waals surface area contributed by atoms with Crippen molar-refractivity contribution in [1.82, 2.24) is 10.6 Å². The van der Waals surface area contributed by atoms with Crippen LogP contribution in [0.5, 0.6) is 0 Å². The summed E-state index contributed by atoms with van der Waals surface area (Å²) in [6, 6.07) is -1.40. The van der Waals surface area contributed by atoms with E-state index in [1.54, 1.807) is 0 Å². The molecule has 0 spiro atoms. The van der Waals surface area contributed by atoms with Gasteiger partial charge in [-0.25, -0.2) is 4.79 Å². The summed E-state index contributed by atoms with van der Waals surface area (Å²) in [5, 5.41) is 22.5. The number of rotatable bonds is 36. The van der Waals surface area contributed by atoms with Crippen molar-refractivity contribution < 1.29 is 34.1 Å². The summed E-state index contributed by atoms with van der Waals surface area (Å²) in [5.41, 5.74) is 0. The van der Waals surface area contributed by atoms with Gasteiger partial charge in [0.2, 0.25) is 11.8 Å². The summed E-state index contributed by atoms with van der Waals surface area (Å²) < 4.78 is 5.86. The van der Waals surface area contributed by atoms with Gasteiger partial charge in [-0.15, -0.1) is 0 Å². The number of aliphatic hydroxyl groups is 1. The van der Waals surface area contributed by atoms with Crippen LogP contribution in [0.1, 0.15) is 136 Å². The number of aliphatic hydroxyl groups excluding tert-OH is 1. The Labute approximate surface area is 350 Å². The molecule has 0 aliphatic carbocycles. The lowest BCUT2D eigenvalue weighted by atomic mass is 10.1. The normalized spacial score (nSPS) is 13.7. The van der Waals surface area contributed by atoms with E-state index in [1.807, 2.05) is 12.2 Å². The zero-order chi connectivity index (χ0) is 42.6. The minimum Gasteiger partial charge on any atom is -0.480 e. The average Bonchev–Trinajstić information content (AvgIpc) is 3.21. The van der Waals surface area contributed by atoms with E-state index in [1.165, 1.54) is 0 Å². The largest absolute Gasteiger partial charge is 0.480 e. The molecule has 322 valence electrons. The molecule has 0 aromatic carbocycles. The Morgan fingerprint density at radius 3 is 1.43 bits per heavy atom. The zero-order valence-corrected chi connectivity index (χ0v) is 35.5. The standard InChI is InChI=1S/C49H74N2O7/c1-3-5-7-9-11-13-15-16-17-18-19-20-21-22-24-26-28-33-37-41-48(55)58-44(38-34-30-27-25-23-14-12-10-8-6-4-2)39-35-31-29-32-36-40-46(53)50-42-47(54)51-45(43-52)49(56)57/h5-8,11-14,16-17,19-20,22,24-25,27-28,33-34,38,44-45,52H,3-4,9-10,15,18,21,23,26,29-32,35-37,39-43H2,1-2H3,(H,50,53)(H,51,54)(H,56,57)/b7-5-,8-6-,13-11-,14-12-,17-16-,20-19-,24-22-,27-25-,33-28-,38-34-. The molecule has 0 radical (unpaired) electrons. The van der Waals surface area contributed by atoms with E-state index >= 15 is 0 Å². The van der Waals surface area contributed by atoms with Gasteiger partial charge in [-0.1, -0.05) is 149 Å². The molecule has 0 saturated carbocycles. The molecule has 0 heterocycles. The molecule has 2 amide bonds. The molecule has 0 aliphatic rings. The molecule has 0 bridgehead atoms. The molecule has 4 N–H and O–H groups in total. The zero-order valence-electron chi connectivity index (χ0n) is 35.5. The number of allylic oxidation sites excluding steroid dienone is 19. The SMILES string of the molecule is CC/C=C\C/C=C\C/C=C\C/C=C\C/C=C\C/C=C\CCC(=O)OC(/C=C\C/C=C\C/C=C\C/C=C\CC)CCCCCCCC(=O)NCC(=O)NC(CO)C(=O)O. The van der Waals surface area contributed by atoms with Crippen molar-refractivity contribution in [3.8, 4) is 0 Å². The van der Waals surface area contributed by atoms with Crippen molar-refractivity contribution in [2.24, 2.45) is 0 Å². The molecule has 0 aromatic heterocycles. The number of esters is 1. The van der Waals surface area contributed by atoms with Gasteiger partial charge in [0, 0.05) is 12.8 Å². The molecule has 2 unspecified atom stereocenters. The number of aliphatic carboxylic acids is 1. The lowest BCUT2D eigenvalue weighted by molar-refractivity contribution is -0.147. The monoisotopic (exact) mass is 803 g/mol. The van der Waals surface area contributed by atoms with Crippen LogP contribution in [0, 0.1) is 0 Å². The highest BCUT2D eigenvalue weighted by atomic mass is 16.5. The number of amides is 2. The average molecular weight is 803 g/mol. The summed E-state index contributed by atoms with van der Waals surface area (Å²) in [7, 11) is 0. The second-order valence-corrected chi connectivity index (χ2v) is 13.7. The van der Waals surface area contributed by atoms with Crippen molar-refractivity contribution >= 4 is 23.8 Å². The smallest absolute Gasteiger partial charge is 0.328 e. The van der Waals surface area contributed by atoms with Crippen LogP contribution < -0.4 is 10.6 Å². The van der Waals surface area contributed by atoms with Gasteiger partial charge in [0.1, 0.15) is 12.1 Å². The third-order valence-corrected chi connectivity index (χ3v) is 8.45. The Bertz CT molecular complexity index is 1380. The van der Waals surface area contributed by atoms with E-state index in [0.717, 1.165) is 96.3 Å². The van der Waals surface area contributed by atoms with Crippen molar-refractivity contribution in [2.75, 3.05) is 13.2 Å². The molecule has 2 atom stereocenters. The quantitative estimate of drug-likeness (QED) is 0.0281. The summed E-state index contributed by atoms with van der Waals surface area (Å²) in [4.78, 5) is 47.5. The minimum absolute atomic E-state index is 0.207. The molecule has 0 aromatic rings. The highest BCUT2D eigenvalue weighted by Crippen LogP contribution is 2.13. The maximum atomic E-state index is 12.7. The molecule has 0 fully saturated rings. The number of hydrogen-bond acceptors (Lipinski definition) is 6. The van der Waals surface area contributed by atoms with Crippen LogP contribution in [0.2, 0.25) is 0 Å². The fourth-order valence-electron chi connectivity index (χ4n) is 5.24. The Morgan fingerprint density at radius 2 is 0.966 bits per heavy atom. The van der Waals surface area contributed by atoms with E-state index in [9.17, 15) is 19.2 Å².